The van der Waals surface area contributed by atoms with Gasteiger partial charge in [0.2, 0.25) is 0 Å². The number of rotatable bonds is 7. The molecule has 2 saturated carbocycles. The van der Waals surface area contributed by atoms with Crippen molar-refractivity contribution in [1.82, 2.24) is 20.3 Å². The van der Waals surface area contributed by atoms with Crippen LogP contribution in [0.3, 0.4) is 0 Å². The smallest absolute Gasteiger partial charge is 0.255 e. The molecule has 0 spiro atoms. The zero-order chi connectivity index (χ0) is 22.1. The van der Waals surface area contributed by atoms with E-state index in [0.717, 1.165) is 42.7 Å². The third-order valence-corrected chi connectivity index (χ3v) is 6.43. The number of nitrogens with two attached hydrogens (primary N) is 1. The van der Waals surface area contributed by atoms with Crippen molar-refractivity contribution in [2.45, 2.75) is 50.6 Å². The number of amides is 1. The number of nitrogens with one attached hydrogen (secondary N) is 2. The van der Waals surface area contributed by atoms with E-state index in [4.69, 9.17) is 15.2 Å². The Balaban J connectivity index is 1.44. The third-order valence-electron chi connectivity index (χ3n) is 6.43. The standard InChI is InChI=1S/C24H29N5O3/c1-31-17-8-9-18(20(10-17)32-12-14-2-3-14)21-23-22(28-13-27-21)19(11-26-23)24(30)29-16-6-4-15(25)5-7-16/h8-11,13-16,26H,2-7,12,25H2,1H3,(H,29,30)/t15-,16+. The van der Waals surface area contributed by atoms with Crippen LogP contribution in [0.2, 0.25) is 0 Å². The van der Waals surface area contributed by atoms with Crippen LogP contribution in [-0.4, -0.2) is 46.7 Å². The SMILES string of the molecule is COc1ccc(-c2ncnc3c(C(=O)N[C@H]4CC[C@@H](N)CC4)c[nH]c23)c(OCC2CC2)c1. The van der Waals surface area contributed by atoms with Crippen molar-refractivity contribution in [3.05, 3.63) is 36.3 Å². The van der Waals surface area contributed by atoms with E-state index in [-0.39, 0.29) is 18.0 Å². The Morgan fingerprint density at radius 1 is 1.19 bits per heavy atom. The maximum atomic E-state index is 13.0. The van der Waals surface area contributed by atoms with Gasteiger partial charge in [0.1, 0.15) is 29.0 Å². The van der Waals surface area contributed by atoms with Gasteiger partial charge in [0.15, 0.2) is 0 Å². The Labute approximate surface area is 186 Å². The van der Waals surface area contributed by atoms with E-state index in [2.05, 4.69) is 20.3 Å². The summed E-state index contributed by atoms with van der Waals surface area (Å²) in [5.74, 6) is 1.94. The number of ether oxygens (including phenoxy) is 2. The van der Waals surface area contributed by atoms with E-state index >= 15 is 0 Å². The Hall–Kier alpha value is -3.13. The van der Waals surface area contributed by atoms with E-state index in [1.165, 1.54) is 19.2 Å². The number of benzene rings is 1. The highest BCUT2D eigenvalue weighted by molar-refractivity contribution is 6.07. The number of hydrogen-bond donors (Lipinski definition) is 3. The van der Waals surface area contributed by atoms with Gasteiger partial charge in [-0.15, -0.1) is 0 Å². The molecule has 8 nitrogen and oxygen atoms in total. The van der Waals surface area contributed by atoms with E-state index < -0.39 is 0 Å². The minimum Gasteiger partial charge on any atom is -0.497 e. The van der Waals surface area contributed by atoms with Gasteiger partial charge in [-0.2, -0.15) is 0 Å². The van der Waals surface area contributed by atoms with Crippen LogP contribution in [0.4, 0.5) is 0 Å². The van der Waals surface area contributed by atoms with Crippen LogP contribution in [-0.2, 0) is 0 Å². The summed E-state index contributed by atoms with van der Waals surface area (Å²) in [6.45, 7) is 0.678. The average molecular weight is 436 g/mol. The van der Waals surface area contributed by atoms with E-state index in [1.54, 1.807) is 13.3 Å². The lowest BCUT2D eigenvalue weighted by molar-refractivity contribution is 0.0927. The molecular formula is C24H29N5O3. The van der Waals surface area contributed by atoms with E-state index in [9.17, 15) is 4.79 Å². The van der Waals surface area contributed by atoms with Gasteiger partial charge in [-0.3, -0.25) is 4.79 Å². The van der Waals surface area contributed by atoms with Gasteiger partial charge in [-0.05, 0) is 56.6 Å². The topological polar surface area (TPSA) is 115 Å². The van der Waals surface area contributed by atoms with Gasteiger partial charge in [-0.1, -0.05) is 0 Å². The fourth-order valence-electron chi connectivity index (χ4n) is 4.28. The number of carbonyl (C=O) groups excluding carboxylic acids is 1. The fraction of sp³-hybridized carbons (Fsp3) is 0.458. The van der Waals surface area contributed by atoms with Crippen molar-refractivity contribution in [3.8, 4) is 22.8 Å². The molecule has 3 aromatic rings. The second kappa shape index (κ2) is 8.78. The number of fused-ring (bicyclic) bond motifs is 1. The van der Waals surface area contributed by atoms with Crippen molar-refractivity contribution in [2.24, 2.45) is 11.7 Å². The van der Waals surface area contributed by atoms with Crippen LogP contribution in [0.25, 0.3) is 22.3 Å². The molecule has 1 amide bonds. The molecule has 0 saturated heterocycles. The Kier molecular flexibility index (Phi) is 5.70. The molecule has 2 aliphatic rings. The minimum absolute atomic E-state index is 0.124. The first-order chi connectivity index (χ1) is 15.6. The molecule has 1 aromatic carbocycles. The molecule has 0 unspecified atom stereocenters. The van der Waals surface area contributed by atoms with Gasteiger partial charge in [0, 0.05) is 29.9 Å². The first kappa shape index (κ1) is 20.8. The summed E-state index contributed by atoms with van der Waals surface area (Å²) in [5.41, 5.74) is 9.36. The average Bonchev–Trinajstić information content (AvgIpc) is 3.54. The van der Waals surface area contributed by atoms with Crippen molar-refractivity contribution >= 4 is 16.9 Å². The van der Waals surface area contributed by atoms with E-state index in [1.807, 2.05) is 18.2 Å². The lowest BCUT2D eigenvalue weighted by Crippen LogP contribution is -2.40. The molecule has 32 heavy (non-hydrogen) atoms. The summed E-state index contributed by atoms with van der Waals surface area (Å²) in [6.07, 6.45) is 9.31. The number of hydrogen-bond acceptors (Lipinski definition) is 6. The first-order valence-corrected chi connectivity index (χ1v) is 11.3. The summed E-state index contributed by atoms with van der Waals surface area (Å²) in [6, 6.07) is 6.10. The lowest BCUT2D eigenvalue weighted by atomic mass is 9.91. The highest BCUT2D eigenvalue weighted by Gasteiger charge is 2.25. The molecular weight excluding hydrogens is 406 g/mol. The number of aromatic nitrogens is 3. The summed E-state index contributed by atoms with van der Waals surface area (Å²) in [5, 5.41) is 3.14. The number of carbonyl (C=O) groups is 1. The summed E-state index contributed by atoms with van der Waals surface area (Å²) >= 11 is 0. The Bertz CT molecular complexity index is 1120. The zero-order valence-electron chi connectivity index (χ0n) is 18.3. The highest BCUT2D eigenvalue weighted by Crippen LogP contribution is 2.37. The second-order valence-electron chi connectivity index (χ2n) is 8.85. The largest absolute Gasteiger partial charge is 0.497 e. The highest BCUT2D eigenvalue weighted by atomic mass is 16.5. The molecule has 2 fully saturated rings. The molecule has 168 valence electrons. The summed E-state index contributed by atoms with van der Waals surface area (Å²) in [7, 11) is 1.64. The maximum absolute atomic E-state index is 13.0. The van der Waals surface area contributed by atoms with Gasteiger partial charge in [-0.25, -0.2) is 9.97 Å². The van der Waals surface area contributed by atoms with Gasteiger partial charge in [0.25, 0.3) is 5.91 Å². The molecule has 0 aliphatic heterocycles. The summed E-state index contributed by atoms with van der Waals surface area (Å²) in [4.78, 5) is 25.1. The van der Waals surface area contributed by atoms with Crippen molar-refractivity contribution < 1.29 is 14.3 Å². The second-order valence-corrected chi connectivity index (χ2v) is 8.85. The molecule has 8 heteroatoms. The van der Waals surface area contributed by atoms with Crippen LogP contribution in [0, 0.1) is 5.92 Å². The molecule has 4 N–H and O–H groups in total. The zero-order valence-corrected chi connectivity index (χ0v) is 18.3. The Morgan fingerprint density at radius 2 is 2.00 bits per heavy atom. The molecule has 5 rings (SSSR count). The minimum atomic E-state index is -0.124. The molecule has 0 radical (unpaired) electrons. The molecule has 0 atom stereocenters. The first-order valence-electron chi connectivity index (χ1n) is 11.3. The van der Waals surface area contributed by atoms with Crippen LogP contribution in [0.15, 0.2) is 30.7 Å². The molecule has 2 aliphatic carbocycles. The van der Waals surface area contributed by atoms with Crippen molar-refractivity contribution in [2.75, 3.05) is 13.7 Å². The normalized spacial score (nSPS) is 20.8. The number of aromatic amines is 1. The molecule has 0 bridgehead atoms. The van der Waals surface area contributed by atoms with Gasteiger partial charge < -0.3 is 25.5 Å². The monoisotopic (exact) mass is 435 g/mol. The third kappa shape index (κ3) is 4.27. The van der Waals surface area contributed by atoms with Gasteiger partial charge >= 0.3 is 0 Å². The van der Waals surface area contributed by atoms with Crippen molar-refractivity contribution in [1.29, 1.82) is 0 Å². The predicted molar refractivity (Wildman–Crippen MR) is 122 cm³/mol. The predicted octanol–water partition coefficient (Wildman–Crippen LogP) is 3.42. The van der Waals surface area contributed by atoms with Gasteiger partial charge in [0.05, 0.1) is 24.8 Å². The quantitative estimate of drug-likeness (QED) is 0.524. The molecule has 2 heterocycles. The Morgan fingerprint density at radius 3 is 2.75 bits per heavy atom. The van der Waals surface area contributed by atoms with Crippen LogP contribution in [0.1, 0.15) is 48.9 Å². The van der Waals surface area contributed by atoms with Crippen LogP contribution in [0.5, 0.6) is 11.5 Å². The number of nitrogens with zero attached hydrogens (tertiary/aromatic N) is 2. The summed E-state index contributed by atoms with van der Waals surface area (Å²) < 4.78 is 11.5. The number of methoxy groups -OCH3 is 1. The number of H-pyrrole nitrogens is 1. The van der Waals surface area contributed by atoms with E-state index in [0.29, 0.717) is 34.8 Å². The lowest BCUT2D eigenvalue weighted by Gasteiger charge is -2.26. The van der Waals surface area contributed by atoms with Crippen LogP contribution < -0.4 is 20.5 Å². The maximum Gasteiger partial charge on any atom is 0.255 e. The fourth-order valence-corrected chi connectivity index (χ4v) is 4.28. The molecule has 2 aromatic heterocycles. The van der Waals surface area contributed by atoms with Crippen molar-refractivity contribution in [3.63, 3.8) is 0 Å². The van der Waals surface area contributed by atoms with Crippen LogP contribution >= 0.6 is 0 Å².